The molecular formula is C28H34N6O3. The molecule has 194 valence electrons. The molecule has 0 atom stereocenters. The van der Waals surface area contributed by atoms with E-state index in [-0.39, 0.29) is 23.7 Å². The number of ketones is 1. The van der Waals surface area contributed by atoms with Crippen molar-refractivity contribution >= 4 is 28.6 Å². The number of carbonyl (C=O) groups is 1. The number of nitrogens with zero attached hydrogens (tertiary/aromatic N) is 5. The molecule has 0 amide bonds. The van der Waals surface area contributed by atoms with Crippen molar-refractivity contribution < 1.29 is 14.6 Å². The summed E-state index contributed by atoms with van der Waals surface area (Å²) in [6.07, 6.45) is 3.42. The summed E-state index contributed by atoms with van der Waals surface area (Å²) in [5.74, 6) is 3.24. The monoisotopic (exact) mass is 502 g/mol. The van der Waals surface area contributed by atoms with Crippen LogP contribution in [0.15, 0.2) is 42.6 Å². The average molecular weight is 503 g/mol. The van der Waals surface area contributed by atoms with E-state index in [0.29, 0.717) is 29.1 Å². The van der Waals surface area contributed by atoms with Crippen LogP contribution in [0.25, 0.3) is 11.0 Å². The van der Waals surface area contributed by atoms with Crippen LogP contribution in [0.5, 0.6) is 11.5 Å². The van der Waals surface area contributed by atoms with E-state index in [0.717, 1.165) is 41.9 Å². The minimum Gasteiger partial charge on any atom is -0.457 e. The van der Waals surface area contributed by atoms with Crippen LogP contribution in [0.4, 0.5) is 11.8 Å². The molecule has 0 aliphatic heterocycles. The number of aryl methyl sites for hydroxylation is 1. The third-order valence-electron chi connectivity index (χ3n) is 6.74. The highest BCUT2D eigenvalue weighted by atomic mass is 16.5. The van der Waals surface area contributed by atoms with Crippen LogP contribution in [-0.2, 0) is 30.2 Å². The summed E-state index contributed by atoms with van der Waals surface area (Å²) in [7, 11) is 1.95. The number of pyridine rings is 1. The summed E-state index contributed by atoms with van der Waals surface area (Å²) >= 11 is 0. The van der Waals surface area contributed by atoms with Gasteiger partial charge in [-0.2, -0.15) is 5.10 Å². The molecule has 0 bridgehead atoms. The molecule has 9 heteroatoms. The van der Waals surface area contributed by atoms with Crippen molar-refractivity contribution in [2.45, 2.75) is 65.0 Å². The van der Waals surface area contributed by atoms with E-state index in [1.54, 1.807) is 25.3 Å². The number of aliphatic hydroxyl groups excluding tert-OH is 1. The molecule has 0 radical (unpaired) electrons. The molecule has 5 rings (SSSR count). The fraction of sp³-hybridized carbons (Fsp3) is 0.429. The Morgan fingerprint density at radius 2 is 1.92 bits per heavy atom. The van der Waals surface area contributed by atoms with E-state index in [1.807, 2.05) is 29.8 Å². The Morgan fingerprint density at radius 1 is 1.16 bits per heavy atom. The molecule has 0 spiro atoms. The fourth-order valence-electron chi connectivity index (χ4n) is 4.78. The van der Waals surface area contributed by atoms with Crippen molar-refractivity contribution in [2.24, 2.45) is 13.0 Å². The largest absolute Gasteiger partial charge is 0.457 e. The molecule has 1 aromatic carbocycles. The van der Waals surface area contributed by atoms with E-state index in [2.05, 4.69) is 41.8 Å². The maximum absolute atomic E-state index is 11.4. The lowest BCUT2D eigenvalue weighted by Crippen LogP contribution is -2.33. The maximum Gasteiger partial charge on any atom is 0.209 e. The first kappa shape index (κ1) is 25.0. The zero-order valence-corrected chi connectivity index (χ0v) is 22.0. The van der Waals surface area contributed by atoms with Gasteiger partial charge in [0, 0.05) is 55.5 Å². The average Bonchev–Trinajstić information content (AvgIpc) is 3.34. The number of ether oxygens (including phenoxy) is 1. The molecule has 1 aliphatic rings. The molecule has 2 N–H and O–H groups in total. The Labute approximate surface area is 216 Å². The van der Waals surface area contributed by atoms with E-state index >= 15 is 0 Å². The number of aliphatic hydroxyl groups is 1. The summed E-state index contributed by atoms with van der Waals surface area (Å²) < 4.78 is 10.1. The number of anilines is 2. The number of Topliss-reactive ketones (excluding diaryl/α,β-unsaturated/α-hetero) is 1. The van der Waals surface area contributed by atoms with Gasteiger partial charge in [0.15, 0.2) is 5.82 Å². The van der Waals surface area contributed by atoms with Crippen LogP contribution in [0.2, 0.25) is 0 Å². The van der Waals surface area contributed by atoms with Gasteiger partial charge in [-0.15, -0.1) is 0 Å². The first-order chi connectivity index (χ1) is 17.5. The van der Waals surface area contributed by atoms with Crippen molar-refractivity contribution in [2.75, 3.05) is 5.32 Å². The second-order valence-electron chi connectivity index (χ2n) is 11.1. The lowest BCUT2D eigenvalue weighted by atomic mass is 9.82. The topological polar surface area (TPSA) is 107 Å². The van der Waals surface area contributed by atoms with E-state index in [4.69, 9.17) is 14.8 Å². The number of imidazole rings is 1. The molecule has 0 saturated heterocycles. The number of rotatable bonds is 8. The highest BCUT2D eigenvalue weighted by Gasteiger charge is 2.30. The van der Waals surface area contributed by atoms with Gasteiger partial charge in [0.25, 0.3) is 0 Å². The van der Waals surface area contributed by atoms with Crippen molar-refractivity contribution in [3.8, 4) is 11.5 Å². The molecule has 1 aliphatic carbocycles. The van der Waals surface area contributed by atoms with Crippen molar-refractivity contribution in [3.63, 3.8) is 0 Å². The van der Waals surface area contributed by atoms with Crippen molar-refractivity contribution in [3.05, 3.63) is 54.0 Å². The Bertz CT molecular complexity index is 1440. The molecule has 1 saturated carbocycles. The zero-order valence-electron chi connectivity index (χ0n) is 22.0. The molecular weight excluding hydrogens is 468 g/mol. The number of benzene rings is 1. The second-order valence-corrected chi connectivity index (χ2v) is 11.1. The molecule has 9 nitrogen and oxygen atoms in total. The Kier molecular flexibility index (Phi) is 6.49. The first-order valence-corrected chi connectivity index (χ1v) is 12.7. The van der Waals surface area contributed by atoms with Gasteiger partial charge in [-0.25, -0.2) is 4.98 Å². The maximum atomic E-state index is 11.4. The second kappa shape index (κ2) is 9.63. The number of hydrogen-bond donors (Lipinski definition) is 2. The number of fused-ring (bicyclic) bond motifs is 1. The van der Waals surface area contributed by atoms with Crippen molar-refractivity contribution in [1.29, 1.82) is 0 Å². The molecule has 37 heavy (non-hydrogen) atoms. The van der Waals surface area contributed by atoms with E-state index < -0.39 is 0 Å². The van der Waals surface area contributed by atoms with Gasteiger partial charge in [-0.05, 0) is 43.9 Å². The number of carbonyl (C=O) groups excluding carboxylic acids is 1. The molecule has 4 aromatic rings. The standard InChI is InChI=1S/C28H34N6O3/c1-17(35)10-19-13-22(8-9-29-19)37-21-6-7-23-24(14-21)33(5)27(30-23)31-26-15-25(28(2,3)4)34(32-26)16-18-11-20(36)12-18/h6-9,13-15,18,20,36H,10-12,16H2,1-5H3,(H,30,31,32). The fourth-order valence-corrected chi connectivity index (χ4v) is 4.78. The Balaban J connectivity index is 1.37. The third-order valence-corrected chi connectivity index (χ3v) is 6.74. The van der Waals surface area contributed by atoms with Gasteiger partial charge in [0.1, 0.15) is 17.3 Å². The number of nitrogens with one attached hydrogen (secondary N) is 1. The summed E-state index contributed by atoms with van der Waals surface area (Å²) in [6, 6.07) is 11.4. The predicted octanol–water partition coefficient (Wildman–Crippen LogP) is 4.90. The van der Waals surface area contributed by atoms with Gasteiger partial charge < -0.3 is 19.7 Å². The predicted molar refractivity (Wildman–Crippen MR) is 142 cm³/mol. The summed E-state index contributed by atoms with van der Waals surface area (Å²) in [5.41, 5.74) is 3.51. The van der Waals surface area contributed by atoms with E-state index in [1.165, 1.54) is 0 Å². The van der Waals surface area contributed by atoms with Crippen LogP contribution in [0, 0.1) is 5.92 Å². The quantitative estimate of drug-likeness (QED) is 0.353. The SMILES string of the molecule is CC(=O)Cc1cc(Oc2ccc3nc(Nc4cc(C(C)(C)C)n(CC5CC(O)C5)n4)n(C)c3c2)ccn1. The van der Waals surface area contributed by atoms with Crippen LogP contribution in [0.3, 0.4) is 0 Å². The highest BCUT2D eigenvalue weighted by molar-refractivity contribution is 5.81. The van der Waals surface area contributed by atoms with Crippen LogP contribution >= 0.6 is 0 Å². The first-order valence-electron chi connectivity index (χ1n) is 12.7. The van der Waals surface area contributed by atoms with Crippen LogP contribution < -0.4 is 10.1 Å². The molecule has 3 aromatic heterocycles. The van der Waals surface area contributed by atoms with Gasteiger partial charge in [-0.3, -0.25) is 14.5 Å². The summed E-state index contributed by atoms with van der Waals surface area (Å²) in [4.78, 5) is 20.4. The zero-order chi connectivity index (χ0) is 26.3. The number of hydrogen-bond acceptors (Lipinski definition) is 7. The summed E-state index contributed by atoms with van der Waals surface area (Å²) in [5, 5.41) is 17.9. The van der Waals surface area contributed by atoms with E-state index in [9.17, 15) is 9.90 Å². The van der Waals surface area contributed by atoms with Gasteiger partial charge in [-0.1, -0.05) is 20.8 Å². The van der Waals surface area contributed by atoms with Gasteiger partial charge >= 0.3 is 0 Å². The molecule has 3 heterocycles. The smallest absolute Gasteiger partial charge is 0.209 e. The minimum atomic E-state index is -0.175. The molecule has 0 unspecified atom stereocenters. The van der Waals surface area contributed by atoms with Crippen molar-refractivity contribution in [1.82, 2.24) is 24.3 Å². The Morgan fingerprint density at radius 3 is 2.62 bits per heavy atom. The lowest BCUT2D eigenvalue weighted by molar-refractivity contribution is -0.116. The van der Waals surface area contributed by atoms with Crippen LogP contribution in [-0.4, -0.2) is 41.3 Å². The third kappa shape index (κ3) is 5.51. The molecule has 1 fully saturated rings. The number of aromatic nitrogens is 5. The highest BCUT2D eigenvalue weighted by Crippen LogP contribution is 2.33. The van der Waals surface area contributed by atoms with Gasteiger partial charge in [0.2, 0.25) is 5.95 Å². The normalized spacial score (nSPS) is 17.6. The van der Waals surface area contributed by atoms with Crippen LogP contribution in [0.1, 0.15) is 51.9 Å². The summed E-state index contributed by atoms with van der Waals surface area (Å²) in [6.45, 7) is 8.90. The lowest BCUT2D eigenvalue weighted by Gasteiger charge is -2.32. The minimum absolute atomic E-state index is 0.0577. The van der Waals surface area contributed by atoms with Gasteiger partial charge in [0.05, 0.1) is 22.8 Å². The Hall–Kier alpha value is -3.72.